The van der Waals surface area contributed by atoms with Gasteiger partial charge in [-0.3, -0.25) is 0 Å². The maximum Gasteiger partial charge on any atom is 0.573 e. The number of aliphatic hydroxyl groups excluding tert-OH is 1. The van der Waals surface area contributed by atoms with E-state index in [9.17, 15) is 18.3 Å². The molecule has 1 atom stereocenters. The van der Waals surface area contributed by atoms with Crippen LogP contribution in [0.3, 0.4) is 0 Å². The average molecular weight is 284 g/mol. The molecule has 1 N–H and O–H groups in total. The van der Waals surface area contributed by atoms with Gasteiger partial charge in [0, 0.05) is 11.8 Å². The van der Waals surface area contributed by atoms with Crippen molar-refractivity contribution in [3.8, 4) is 5.75 Å². The summed E-state index contributed by atoms with van der Waals surface area (Å²) >= 11 is 0. The smallest absolute Gasteiger partial charge is 0.405 e. The standard InChI is InChI=1S/C13H11F3N2O2/c1-8-17-7-6-10(18-8)12(19)9-4-2-3-5-11(9)20-13(14,15)16/h2-7,12,19H,1H3. The summed E-state index contributed by atoms with van der Waals surface area (Å²) in [5, 5.41) is 10.2. The van der Waals surface area contributed by atoms with Crippen molar-refractivity contribution in [1.82, 2.24) is 9.97 Å². The van der Waals surface area contributed by atoms with Crippen LogP contribution in [0.15, 0.2) is 36.5 Å². The number of rotatable bonds is 3. The van der Waals surface area contributed by atoms with Crippen LogP contribution in [0.4, 0.5) is 13.2 Å². The van der Waals surface area contributed by atoms with Gasteiger partial charge < -0.3 is 9.84 Å². The Balaban J connectivity index is 2.37. The second-order valence-corrected chi connectivity index (χ2v) is 4.02. The fraction of sp³-hybridized carbons (Fsp3) is 0.231. The zero-order chi connectivity index (χ0) is 14.8. The molecule has 2 aromatic rings. The fourth-order valence-electron chi connectivity index (χ4n) is 1.71. The third kappa shape index (κ3) is 3.45. The molecule has 0 bridgehead atoms. The van der Waals surface area contributed by atoms with Gasteiger partial charge >= 0.3 is 6.36 Å². The van der Waals surface area contributed by atoms with E-state index < -0.39 is 18.2 Å². The predicted octanol–water partition coefficient (Wildman–Crippen LogP) is 2.77. The zero-order valence-corrected chi connectivity index (χ0v) is 10.4. The van der Waals surface area contributed by atoms with Gasteiger partial charge in [-0.1, -0.05) is 18.2 Å². The quantitative estimate of drug-likeness (QED) is 0.941. The highest BCUT2D eigenvalue weighted by molar-refractivity contribution is 5.38. The van der Waals surface area contributed by atoms with Crippen LogP contribution in [0.2, 0.25) is 0 Å². The van der Waals surface area contributed by atoms with Gasteiger partial charge in [0.25, 0.3) is 0 Å². The van der Waals surface area contributed by atoms with E-state index in [1.807, 2.05) is 0 Å². The lowest BCUT2D eigenvalue weighted by atomic mass is 10.1. The molecule has 0 amide bonds. The number of aryl methyl sites for hydroxylation is 1. The molecule has 0 spiro atoms. The first-order valence-corrected chi connectivity index (χ1v) is 5.69. The number of para-hydroxylation sites is 1. The predicted molar refractivity (Wildman–Crippen MR) is 64.0 cm³/mol. The van der Waals surface area contributed by atoms with E-state index in [2.05, 4.69) is 14.7 Å². The Kier molecular flexibility index (Phi) is 3.89. The van der Waals surface area contributed by atoms with Crippen molar-refractivity contribution in [2.45, 2.75) is 19.4 Å². The van der Waals surface area contributed by atoms with Crippen molar-refractivity contribution in [2.75, 3.05) is 0 Å². The summed E-state index contributed by atoms with van der Waals surface area (Å²) < 4.78 is 40.9. The molecule has 20 heavy (non-hydrogen) atoms. The summed E-state index contributed by atoms with van der Waals surface area (Å²) in [5.41, 5.74) is 0.193. The van der Waals surface area contributed by atoms with Gasteiger partial charge in [-0.2, -0.15) is 0 Å². The Hall–Kier alpha value is -2.15. The van der Waals surface area contributed by atoms with Gasteiger partial charge in [0.2, 0.25) is 0 Å². The first-order valence-electron chi connectivity index (χ1n) is 5.69. The zero-order valence-electron chi connectivity index (χ0n) is 10.4. The minimum atomic E-state index is -4.82. The van der Waals surface area contributed by atoms with E-state index in [0.29, 0.717) is 5.82 Å². The third-order valence-corrected chi connectivity index (χ3v) is 2.52. The van der Waals surface area contributed by atoms with Crippen molar-refractivity contribution >= 4 is 0 Å². The molecule has 0 saturated carbocycles. The highest BCUT2D eigenvalue weighted by Gasteiger charge is 2.33. The molecule has 4 nitrogen and oxygen atoms in total. The third-order valence-electron chi connectivity index (χ3n) is 2.52. The number of benzene rings is 1. The second-order valence-electron chi connectivity index (χ2n) is 4.02. The van der Waals surface area contributed by atoms with E-state index in [1.54, 1.807) is 6.92 Å². The fourth-order valence-corrected chi connectivity index (χ4v) is 1.71. The Morgan fingerprint density at radius 3 is 2.55 bits per heavy atom. The minimum Gasteiger partial charge on any atom is -0.405 e. The Morgan fingerprint density at radius 2 is 1.90 bits per heavy atom. The first kappa shape index (κ1) is 14.3. The summed E-state index contributed by atoms with van der Waals surface area (Å²) in [5.74, 6) is -0.0421. The molecule has 7 heteroatoms. The molecule has 0 aliphatic rings. The molecule has 0 aliphatic carbocycles. The van der Waals surface area contributed by atoms with Gasteiger partial charge in [-0.05, 0) is 19.1 Å². The summed E-state index contributed by atoms with van der Waals surface area (Å²) in [6.07, 6.45) is -4.72. The number of halogens is 3. The highest BCUT2D eigenvalue weighted by Crippen LogP contribution is 2.32. The number of alkyl halides is 3. The molecule has 0 saturated heterocycles. The van der Waals surface area contributed by atoms with Crippen molar-refractivity contribution in [3.05, 3.63) is 53.6 Å². The molecule has 0 aliphatic heterocycles. The first-order chi connectivity index (χ1) is 9.37. The molecule has 106 valence electrons. The topological polar surface area (TPSA) is 55.2 Å². The average Bonchev–Trinajstić information content (AvgIpc) is 2.37. The van der Waals surface area contributed by atoms with E-state index in [4.69, 9.17) is 0 Å². The Labute approximate surface area is 112 Å². The number of ether oxygens (including phenoxy) is 1. The van der Waals surface area contributed by atoms with E-state index in [-0.39, 0.29) is 11.3 Å². The number of hydrogen-bond acceptors (Lipinski definition) is 4. The maximum absolute atomic E-state index is 12.3. The Bertz CT molecular complexity index is 602. The highest BCUT2D eigenvalue weighted by atomic mass is 19.4. The molecular formula is C13H11F3N2O2. The lowest BCUT2D eigenvalue weighted by Crippen LogP contribution is -2.19. The van der Waals surface area contributed by atoms with Crippen LogP contribution in [0, 0.1) is 6.92 Å². The number of aliphatic hydroxyl groups is 1. The van der Waals surface area contributed by atoms with Gasteiger partial charge in [0.15, 0.2) is 0 Å². The van der Waals surface area contributed by atoms with Crippen LogP contribution in [0.5, 0.6) is 5.75 Å². The minimum absolute atomic E-state index is 0.0112. The van der Waals surface area contributed by atoms with Crippen LogP contribution >= 0.6 is 0 Å². The molecule has 1 unspecified atom stereocenters. The number of nitrogens with zero attached hydrogens (tertiary/aromatic N) is 2. The molecule has 0 fully saturated rings. The van der Waals surface area contributed by atoms with Crippen molar-refractivity contribution in [2.24, 2.45) is 0 Å². The maximum atomic E-state index is 12.3. The van der Waals surface area contributed by atoms with Crippen LogP contribution in [-0.4, -0.2) is 21.4 Å². The molecule has 1 heterocycles. The largest absolute Gasteiger partial charge is 0.573 e. The summed E-state index contributed by atoms with van der Waals surface area (Å²) in [6, 6.07) is 6.82. The monoisotopic (exact) mass is 284 g/mol. The van der Waals surface area contributed by atoms with Crippen molar-refractivity contribution in [1.29, 1.82) is 0 Å². The van der Waals surface area contributed by atoms with Gasteiger partial charge in [-0.15, -0.1) is 13.2 Å². The summed E-state index contributed by atoms with van der Waals surface area (Å²) in [4.78, 5) is 7.85. The lowest BCUT2D eigenvalue weighted by Gasteiger charge is -2.16. The normalized spacial score (nSPS) is 13.1. The van der Waals surface area contributed by atoms with Crippen LogP contribution < -0.4 is 4.74 Å². The van der Waals surface area contributed by atoms with Gasteiger partial charge in [-0.25, -0.2) is 9.97 Å². The number of hydrogen-bond donors (Lipinski definition) is 1. The molecule has 1 aromatic heterocycles. The molecular weight excluding hydrogens is 273 g/mol. The van der Waals surface area contributed by atoms with E-state index >= 15 is 0 Å². The molecule has 2 rings (SSSR count). The van der Waals surface area contributed by atoms with Crippen molar-refractivity contribution < 1.29 is 23.0 Å². The second kappa shape index (κ2) is 5.46. The van der Waals surface area contributed by atoms with Crippen LogP contribution in [0.25, 0.3) is 0 Å². The number of aromatic nitrogens is 2. The Morgan fingerprint density at radius 1 is 1.20 bits per heavy atom. The summed E-state index contributed by atoms with van der Waals surface area (Å²) in [6.45, 7) is 1.62. The van der Waals surface area contributed by atoms with E-state index in [0.717, 1.165) is 6.07 Å². The molecule has 0 radical (unpaired) electrons. The van der Waals surface area contributed by atoms with E-state index in [1.165, 1.54) is 30.5 Å². The lowest BCUT2D eigenvalue weighted by molar-refractivity contribution is -0.275. The van der Waals surface area contributed by atoms with Crippen LogP contribution in [0.1, 0.15) is 23.2 Å². The molecule has 1 aromatic carbocycles. The van der Waals surface area contributed by atoms with Crippen molar-refractivity contribution in [3.63, 3.8) is 0 Å². The van der Waals surface area contributed by atoms with Crippen LogP contribution in [-0.2, 0) is 0 Å². The van der Waals surface area contributed by atoms with Gasteiger partial charge in [0.1, 0.15) is 17.7 Å². The SMILES string of the molecule is Cc1nccc(C(O)c2ccccc2OC(F)(F)F)n1. The van der Waals surface area contributed by atoms with Gasteiger partial charge in [0.05, 0.1) is 5.69 Å². The summed E-state index contributed by atoms with van der Waals surface area (Å²) in [7, 11) is 0.